The molecule has 0 aliphatic rings. The number of carbonyl (C=O) groups excluding carboxylic acids is 1. The van der Waals surface area contributed by atoms with Crippen molar-refractivity contribution in [3.05, 3.63) is 41.6 Å². The Bertz CT molecular complexity index is 548. The maximum absolute atomic E-state index is 11.2. The fraction of sp³-hybridized carbons (Fsp3) is 0.286. The summed E-state index contributed by atoms with van der Waals surface area (Å²) in [4.78, 5) is 11.2. The lowest BCUT2D eigenvalue weighted by Crippen LogP contribution is -2.04. The lowest BCUT2D eigenvalue weighted by Gasteiger charge is -1.99. The molecule has 0 spiro atoms. The van der Waals surface area contributed by atoms with Crippen LogP contribution in [0.25, 0.3) is 11.3 Å². The fourth-order valence-electron chi connectivity index (χ4n) is 1.54. The van der Waals surface area contributed by atoms with Gasteiger partial charge in [0.25, 0.3) is 0 Å². The molecule has 0 fully saturated rings. The van der Waals surface area contributed by atoms with Crippen molar-refractivity contribution in [3.63, 3.8) is 0 Å². The zero-order valence-electron chi connectivity index (χ0n) is 10.6. The fourth-order valence-corrected chi connectivity index (χ4v) is 1.86. The SMILES string of the molecule is Cc1ccc(-c2cc(COC(=O)CCBr)no2)cc1. The highest BCUT2D eigenvalue weighted by molar-refractivity contribution is 9.09. The average molecular weight is 324 g/mol. The second kappa shape index (κ2) is 6.52. The van der Waals surface area contributed by atoms with Gasteiger partial charge in [-0.2, -0.15) is 0 Å². The van der Waals surface area contributed by atoms with Gasteiger partial charge in [0.15, 0.2) is 5.76 Å². The maximum Gasteiger partial charge on any atom is 0.307 e. The van der Waals surface area contributed by atoms with Crippen molar-refractivity contribution < 1.29 is 14.1 Å². The monoisotopic (exact) mass is 323 g/mol. The molecule has 0 bridgehead atoms. The van der Waals surface area contributed by atoms with Crippen LogP contribution in [0.1, 0.15) is 17.7 Å². The Morgan fingerprint density at radius 1 is 1.37 bits per heavy atom. The van der Waals surface area contributed by atoms with Crippen molar-refractivity contribution in [1.82, 2.24) is 5.16 Å². The molecule has 0 radical (unpaired) electrons. The van der Waals surface area contributed by atoms with E-state index in [-0.39, 0.29) is 12.6 Å². The van der Waals surface area contributed by atoms with E-state index in [4.69, 9.17) is 9.26 Å². The minimum atomic E-state index is -0.253. The van der Waals surface area contributed by atoms with E-state index in [1.807, 2.05) is 31.2 Å². The Balaban J connectivity index is 1.99. The van der Waals surface area contributed by atoms with Gasteiger partial charge in [-0.3, -0.25) is 4.79 Å². The number of halogens is 1. The van der Waals surface area contributed by atoms with Crippen molar-refractivity contribution in [1.29, 1.82) is 0 Å². The number of alkyl halides is 1. The molecule has 0 saturated heterocycles. The standard InChI is InChI=1S/C14H14BrNO3/c1-10-2-4-11(5-3-10)13-8-12(16-19-13)9-18-14(17)6-7-15/h2-5,8H,6-7,9H2,1H3. The summed E-state index contributed by atoms with van der Waals surface area (Å²) in [5.74, 6) is 0.420. The minimum absolute atomic E-state index is 0.140. The van der Waals surface area contributed by atoms with Crippen LogP contribution >= 0.6 is 15.9 Å². The summed E-state index contributed by atoms with van der Waals surface area (Å²) in [6.07, 6.45) is 0.350. The molecular formula is C14H14BrNO3. The highest BCUT2D eigenvalue weighted by Gasteiger charge is 2.08. The van der Waals surface area contributed by atoms with Crippen molar-refractivity contribution in [2.45, 2.75) is 20.0 Å². The van der Waals surface area contributed by atoms with E-state index < -0.39 is 0 Å². The molecule has 19 heavy (non-hydrogen) atoms. The molecule has 1 aromatic carbocycles. The first-order chi connectivity index (χ1) is 9.19. The van der Waals surface area contributed by atoms with Gasteiger partial charge in [-0.05, 0) is 6.92 Å². The van der Waals surface area contributed by atoms with E-state index in [0.29, 0.717) is 23.2 Å². The summed E-state index contributed by atoms with van der Waals surface area (Å²) in [5.41, 5.74) is 2.75. The maximum atomic E-state index is 11.2. The summed E-state index contributed by atoms with van der Waals surface area (Å²) in [6.45, 7) is 2.17. The predicted molar refractivity (Wildman–Crippen MR) is 74.9 cm³/mol. The summed E-state index contributed by atoms with van der Waals surface area (Å²) >= 11 is 3.18. The first kappa shape index (κ1) is 13.8. The van der Waals surface area contributed by atoms with Gasteiger partial charge in [-0.25, -0.2) is 0 Å². The number of carbonyl (C=O) groups is 1. The molecule has 2 aromatic rings. The van der Waals surface area contributed by atoms with Gasteiger partial charge in [0.2, 0.25) is 0 Å². The number of aromatic nitrogens is 1. The largest absolute Gasteiger partial charge is 0.459 e. The van der Waals surface area contributed by atoms with E-state index in [1.165, 1.54) is 5.56 Å². The third kappa shape index (κ3) is 3.92. The molecule has 0 unspecified atom stereocenters. The molecule has 0 aliphatic heterocycles. The number of aryl methyl sites for hydroxylation is 1. The number of hydrogen-bond donors (Lipinski definition) is 0. The van der Waals surface area contributed by atoms with E-state index >= 15 is 0 Å². The molecule has 0 N–H and O–H groups in total. The van der Waals surface area contributed by atoms with Gasteiger partial charge in [-0.1, -0.05) is 50.9 Å². The first-order valence-electron chi connectivity index (χ1n) is 5.93. The molecule has 0 amide bonds. The van der Waals surface area contributed by atoms with Crippen LogP contribution in [0.2, 0.25) is 0 Å². The van der Waals surface area contributed by atoms with Crippen molar-refractivity contribution in [3.8, 4) is 11.3 Å². The van der Waals surface area contributed by atoms with E-state index in [1.54, 1.807) is 6.07 Å². The van der Waals surface area contributed by atoms with Crippen LogP contribution in [0.4, 0.5) is 0 Å². The Morgan fingerprint density at radius 3 is 2.79 bits per heavy atom. The second-order valence-corrected chi connectivity index (χ2v) is 4.94. The third-order valence-electron chi connectivity index (χ3n) is 2.57. The first-order valence-corrected chi connectivity index (χ1v) is 7.05. The molecule has 0 aliphatic carbocycles. The number of esters is 1. The lowest BCUT2D eigenvalue weighted by molar-refractivity contribution is -0.144. The number of hydrogen-bond acceptors (Lipinski definition) is 4. The summed E-state index contributed by atoms with van der Waals surface area (Å²) in [6, 6.07) is 9.74. The zero-order valence-corrected chi connectivity index (χ0v) is 12.1. The Morgan fingerprint density at radius 2 is 2.11 bits per heavy atom. The van der Waals surface area contributed by atoms with Crippen molar-refractivity contribution >= 4 is 21.9 Å². The molecule has 0 saturated carbocycles. The molecule has 5 heteroatoms. The van der Waals surface area contributed by atoms with Gasteiger partial charge in [0.1, 0.15) is 12.3 Å². The number of rotatable bonds is 5. The summed E-state index contributed by atoms with van der Waals surface area (Å²) < 4.78 is 10.3. The zero-order chi connectivity index (χ0) is 13.7. The van der Waals surface area contributed by atoms with Gasteiger partial charge in [0.05, 0.1) is 6.42 Å². The van der Waals surface area contributed by atoms with Crippen LogP contribution in [0.15, 0.2) is 34.9 Å². The van der Waals surface area contributed by atoms with Crippen LogP contribution in [-0.2, 0) is 16.1 Å². The second-order valence-electron chi connectivity index (χ2n) is 4.15. The topological polar surface area (TPSA) is 52.3 Å². The molecule has 1 aromatic heterocycles. The van der Waals surface area contributed by atoms with Crippen LogP contribution in [0.3, 0.4) is 0 Å². The van der Waals surface area contributed by atoms with Crippen LogP contribution in [-0.4, -0.2) is 16.5 Å². The molecule has 1 heterocycles. The van der Waals surface area contributed by atoms with Crippen molar-refractivity contribution in [2.24, 2.45) is 0 Å². The lowest BCUT2D eigenvalue weighted by atomic mass is 10.1. The van der Waals surface area contributed by atoms with Crippen LogP contribution < -0.4 is 0 Å². The van der Waals surface area contributed by atoms with Gasteiger partial charge < -0.3 is 9.26 Å². The number of nitrogens with zero attached hydrogens (tertiary/aromatic N) is 1. The van der Waals surface area contributed by atoms with Gasteiger partial charge in [0, 0.05) is 17.0 Å². The molecule has 4 nitrogen and oxygen atoms in total. The highest BCUT2D eigenvalue weighted by atomic mass is 79.9. The quantitative estimate of drug-likeness (QED) is 0.624. The van der Waals surface area contributed by atoms with Crippen molar-refractivity contribution in [2.75, 3.05) is 5.33 Å². The minimum Gasteiger partial charge on any atom is -0.459 e. The molecular weight excluding hydrogens is 310 g/mol. The third-order valence-corrected chi connectivity index (χ3v) is 2.97. The Labute approximate surface area is 119 Å². The molecule has 100 valence electrons. The highest BCUT2D eigenvalue weighted by Crippen LogP contribution is 2.21. The van der Waals surface area contributed by atoms with E-state index in [0.717, 1.165) is 5.56 Å². The van der Waals surface area contributed by atoms with Crippen LogP contribution in [0, 0.1) is 6.92 Å². The number of benzene rings is 1. The van der Waals surface area contributed by atoms with Gasteiger partial charge in [-0.15, -0.1) is 0 Å². The predicted octanol–water partition coefficient (Wildman–Crippen LogP) is 3.48. The average Bonchev–Trinajstić information content (AvgIpc) is 2.86. The van der Waals surface area contributed by atoms with Gasteiger partial charge >= 0.3 is 5.97 Å². The van der Waals surface area contributed by atoms with Crippen LogP contribution in [0.5, 0.6) is 0 Å². The summed E-state index contributed by atoms with van der Waals surface area (Å²) in [7, 11) is 0. The summed E-state index contributed by atoms with van der Waals surface area (Å²) in [5, 5.41) is 4.48. The van der Waals surface area contributed by atoms with E-state index in [2.05, 4.69) is 21.1 Å². The van der Waals surface area contributed by atoms with E-state index in [9.17, 15) is 4.79 Å². The number of ether oxygens (including phenoxy) is 1. The molecule has 0 atom stereocenters. The molecule has 2 rings (SSSR count). The normalized spacial score (nSPS) is 10.4. The smallest absolute Gasteiger partial charge is 0.307 e. The Hall–Kier alpha value is -1.62. The Kier molecular flexibility index (Phi) is 4.74.